The summed E-state index contributed by atoms with van der Waals surface area (Å²) in [6.07, 6.45) is 8.15. The fraction of sp³-hybridized carbons (Fsp3) is 0.682. The summed E-state index contributed by atoms with van der Waals surface area (Å²) in [5.41, 5.74) is 6.50. The maximum Gasteiger partial charge on any atom is 0.326 e. The van der Waals surface area contributed by atoms with E-state index in [9.17, 15) is 24.3 Å². The average Bonchev–Trinajstić information content (AvgIpc) is 3.35. The third-order valence-electron chi connectivity index (χ3n) is 5.60. The van der Waals surface area contributed by atoms with E-state index in [4.69, 9.17) is 5.73 Å². The van der Waals surface area contributed by atoms with Crippen molar-refractivity contribution in [2.75, 3.05) is 24.0 Å². The molecule has 0 aliphatic heterocycles. The number of aromatic amines is 1. The highest BCUT2D eigenvalue weighted by atomic mass is 32.2. The first-order valence-corrected chi connectivity index (χ1v) is 14.3. The van der Waals surface area contributed by atoms with Crippen LogP contribution in [0, 0.1) is 5.92 Å². The number of nitrogens with zero attached hydrogens (tertiary/aromatic N) is 1. The van der Waals surface area contributed by atoms with Crippen molar-refractivity contribution in [1.29, 1.82) is 0 Å². The van der Waals surface area contributed by atoms with Crippen LogP contribution in [0.5, 0.6) is 0 Å². The van der Waals surface area contributed by atoms with Crippen molar-refractivity contribution in [2.24, 2.45) is 11.7 Å². The van der Waals surface area contributed by atoms with Gasteiger partial charge in [0.2, 0.25) is 17.7 Å². The second-order valence-electron chi connectivity index (χ2n) is 8.28. The van der Waals surface area contributed by atoms with Crippen LogP contribution in [-0.4, -0.2) is 86.9 Å². The number of H-pyrrole nitrogens is 1. The Bertz CT molecular complexity index is 810. The van der Waals surface area contributed by atoms with Gasteiger partial charge in [0.15, 0.2) is 0 Å². The molecule has 0 spiro atoms. The van der Waals surface area contributed by atoms with Gasteiger partial charge in [-0.05, 0) is 42.8 Å². The van der Waals surface area contributed by atoms with Gasteiger partial charge in [-0.15, -0.1) is 0 Å². The summed E-state index contributed by atoms with van der Waals surface area (Å²) in [7, 11) is 0. The Kier molecular flexibility index (Phi) is 14.4. The van der Waals surface area contributed by atoms with Crippen LogP contribution in [-0.2, 0) is 25.6 Å². The Balaban J connectivity index is 2.95. The lowest BCUT2D eigenvalue weighted by molar-refractivity contribution is -0.142. The summed E-state index contributed by atoms with van der Waals surface area (Å²) in [5.74, 6) is -1.68. The molecule has 0 bridgehead atoms. The van der Waals surface area contributed by atoms with Gasteiger partial charge in [0.25, 0.3) is 0 Å². The molecule has 1 aromatic rings. The lowest BCUT2D eigenvalue weighted by atomic mass is 9.97. The number of nitrogens with one attached hydrogen (secondary N) is 4. The Morgan fingerprint density at radius 2 is 1.66 bits per heavy atom. The number of thioether (sulfide) groups is 2. The molecule has 3 amide bonds. The van der Waals surface area contributed by atoms with Crippen LogP contribution in [0.4, 0.5) is 0 Å². The minimum Gasteiger partial charge on any atom is -0.480 e. The number of nitrogens with two attached hydrogens (primary N) is 1. The molecule has 13 heteroatoms. The van der Waals surface area contributed by atoms with Crippen molar-refractivity contribution < 1.29 is 24.3 Å². The van der Waals surface area contributed by atoms with Gasteiger partial charge in [0.1, 0.15) is 18.1 Å². The molecule has 0 aliphatic carbocycles. The normalized spacial score (nSPS) is 15.3. The monoisotopic (exact) mass is 530 g/mol. The van der Waals surface area contributed by atoms with Gasteiger partial charge in [-0.1, -0.05) is 20.3 Å². The SMILES string of the molecule is CCC(C)C(NC(=O)C(CCSC)NC(=O)C(N)CCSC)C(=O)NC(Cc1cnc[nH]1)C(=O)O. The maximum atomic E-state index is 13.1. The highest BCUT2D eigenvalue weighted by Crippen LogP contribution is 2.11. The van der Waals surface area contributed by atoms with E-state index >= 15 is 0 Å². The van der Waals surface area contributed by atoms with Crippen LogP contribution >= 0.6 is 23.5 Å². The van der Waals surface area contributed by atoms with Crippen LogP contribution in [0.2, 0.25) is 0 Å². The average molecular weight is 531 g/mol. The molecule has 198 valence electrons. The summed E-state index contributed by atoms with van der Waals surface area (Å²) >= 11 is 3.10. The standard InChI is InChI=1S/C22H38N6O5S2/c1-5-13(2)18(21(31)27-17(22(32)33)10-14-11-24-12-25-14)28-20(30)16(7-9-35-4)26-19(29)15(23)6-8-34-3/h11-13,15-18H,5-10,23H2,1-4H3,(H,24,25)(H,26,29)(H,27,31)(H,28,30)(H,32,33). The lowest BCUT2D eigenvalue weighted by Gasteiger charge is -2.28. The van der Waals surface area contributed by atoms with Crippen LogP contribution in [0.25, 0.3) is 0 Å². The Morgan fingerprint density at radius 3 is 2.20 bits per heavy atom. The molecular formula is C22H38N6O5S2. The number of imidazole rings is 1. The fourth-order valence-electron chi connectivity index (χ4n) is 3.19. The van der Waals surface area contributed by atoms with Crippen LogP contribution < -0.4 is 21.7 Å². The third kappa shape index (κ3) is 10.9. The molecule has 0 saturated carbocycles. The van der Waals surface area contributed by atoms with Gasteiger partial charge in [0, 0.05) is 18.3 Å². The molecule has 35 heavy (non-hydrogen) atoms. The molecule has 0 saturated heterocycles. The number of hydrogen-bond donors (Lipinski definition) is 6. The first-order chi connectivity index (χ1) is 16.6. The number of carbonyl (C=O) groups is 4. The van der Waals surface area contributed by atoms with Crippen molar-refractivity contribution in [3.8, 4) is 0 Å². The largest absolute Gasteiger partial charge is 0.480 e. The summed E-state index contributed by atoms with van der Waals surface area (Å²) in [6.45, 7) is 3.66. The highest BCUT2D eigenvalue weighted by Gasteiger charge is 2.32. The predicted molar refractivity (Wildman–Crippen MR) is 139 cm³/mol. The van der Waals surface area contributed by atoms with E-state index in [0.29, 0.717) is 30.7 Å². The van der Waals surface area contributed by atoms with Crippen molar-refractivity contribution >= 4 is 47.2 Å². The van der Waals surface area contributed by atoms with Crippen molar-refractivity contribution in [3.63, 3.8) is 0 Å². The van der Waals surface area contributed by atoms with Gasteiger partial charge < -0.3 is 31.8 Å². The molecule has 0 aromatic carbocycles. The number of carbonyl (C=O) groups excluding carboxylic acids is 3. The molecule has 0 fully saturated rings. The van der Waals surface area contributed by atoms with E-state index < -0.39 is 47.9 Å². The molecule has 5 unspecified atom stereocenters. The molecule has 0 aliphatic rings. The maximum absolute atomic E-state index is 13.1. The summed E-state index contributed by atoms with van der Waals surface area (Å²) in [6, 6.07) is -3.78. The number of aromatic nitrogens is 2. The fourth-order valence-corrected chi connectivity index (χ4v) is 4.15. The van der Waals surface area contributed by atoms with E-state index in [0.717, 1.165) is 5.75 Å². The topological polar surface area (TPSA) is 179 Å². The summed E-state index contributed by atoms with van der Waals surface area (Å²) in [4.78, 5) is 57.2. The highest BCUT2D eigenvalue weighted by molar-refractivity contribution is 7.98. The van der Waals surface area contributed by atoms with Gasteiger partial charge in [-0.25, -0.2) is 9.78 Å². The van der Waals surface area contributed by atoms with Gasteiger partial charge >= 0.3 is 5.97 Å². The number of hydrogen-bond acceptors (Lipinski definition) is 8. The smallest absolute Gasteiger partial charge is 0.326 e. The molecule has 1 rings (SSSR count). The first-order valence-electron chi connectivity index (χ1n) is 11.5. The molecule has 1 heterocycles. The minimum absolute atomic E-state index is 0.0165. The lowest BCUT2D eigenvalue weighted by Crippen LogP contribution is -2.59. The zero-order valence-electron chi connectivity index (χ0n) is 20.7. The van der Waals surface area contributed by atoms with E-state index in [1.54, 1.807) is 18.7 Å². The Labute approximate surface area is 214 Å². The number of aliphatic carboxylic acids is 1. The quantitative estimate of drug-likeness (QED) is 0.166. The summed E-state index contributed by atoms with van der Waals surface area (Å²) in [5, 5.41) is 17.6. The molecule has 0 radical (unpaired) electrons. The second-order valence-corrected chi connectivity index (χ2v) is 10.3. The van der Waals surface area contributed by atoms with Gasteiger partial charge in [0.05, 0.1) is 12.4 Å². The van der Waals surface area contributed by atoms with Gasteiger partial charge in [-0.2, -0.15) is 23.5 Å². The molecule has 11 nitrogen and oxygen atoms in total. The molecule has 5 atom stereocenters. The van der Waals surface area contributed by atoms with Crippen LogP contribution in [0.15, 0.2) is 12.5 Å². The van der Waals surface area contributed by atoms with Crippen molar-refractivity contribution in [1.82, 2.24) is 25.9 Å². The second kappa shape index (κ2) is 16.4. The minimum atomic E-state index is -1.20. The Hall–Kier alpha value is -2.25. The number of carboxylic acid groups (broad SMARTS) is 1. The van der Waals surface area contributed by atoms with Crippen molar-refractivity contribution in [3.05, 3.63) is 18.2 Å². The van der Waals surface area contributed by atoms with E-state index in [1.807, 2.05) is 19.4 Å². The number of carboxylic acids is 1. The molecular weight excluding hydrogens is 492 g/mol. The number of rotatable bonds is 17. The van der Waals surface area contributed by atoms with Crippen LogP contribution in [0.3, 0.4) is 0 Å². The first kappa shape index (κ1) is 30.8. The van der Waals surface area contributed by atoms with Gasteiger partial charge in [-0.3, -0.25) is 14.4 Å². The zero-order valence-corrected chi connectivity index (χ0v) is 22.3. The zero-order chi connectivity index (χ0) is 26.4. The van der Waals surface area contributed by atoms with Crippen LogP contribution in [0.1, 0.15) is 38.8 Å². The number of amides is 3. The van der Waals surface area contributed by atoms with E-state index in [2.05, 4.69) is 25.9 Å². The predicted octanol–water partition coefficient (Wildman–Crippen LogP) is 0.371. The molecule has 1 aromatic heterocycles. The third-order valence-corrected chi connectivity index (χ3v) is 6.89. The van der Waals surface area contributed by atoms with Crippen molar-refractivity contribution in [2.45, 2.75) is 63.7 Å². The summed E-state index contributed by atoms with van der Waals surface area (Å²) < 4.78 is 0. The Morgan fingerprint density at radius 1 is 1.03 bits per heavy atom. The van der Waals surface area contributed by atoms with E-state index in [1.165, 1.54) is 24.3 Å². The molecule has 7 N–H and O–H groups in total. The van der Waals surface area contributed by atoms with E-state index in [-0.39, 0.29) is 12.3 Å².